The molecule has 0 aliphatic heterocycles. The summed E-state index contributed by atoms with van der Waals surface area (Å²) in [5.74, 6) is 0.242. The van der Waals surface area contributed by atoms with Gasteiger partial charge in [-0.1, -0.05) is 11.6 Å². The molecule has 0 aliphatic rings. The van der Waals surface area contributed by atoms with Crippen molar-refractivity contribution in [3.63, 3.8) is 0 Å². The molecule has 1 aromatic carbocycles. The average molecular weight is 263 g/mol. The molecule has 90 valence electrons. The van der Waals surface area contributed by atoms with Gasteiger partial charge in [0, 0.05) is 11.9 Å². The fraction of sp³-hybridized carbons (Fsp3) is 0. The lowest BCUT2D eigenvalue weighted by Gasteiger charge is -2.05. The first kappa shape index (κ1) is 11.0. The topological polar surface area (TPSA) is 42.2 Å². The van der Waals surface area contributed by atoms with Gasteiger partial charge < -0.3 is 5.32 Å². The highest BCUT2D eigenvalue weighted by Gasteiger charge is 2.05. The van der Waals surface area contributed by atoms with Gasteiger partial charge in [-0.3, -0.25) is 0 Å². The third-order valence-electron chi connectivity index (χ3n) is 2.47. The average Bonchev–Trinajstić information content (AvgIpc) is 2.78. The molecular weight excluding hydrogens is 255 g/mol. The molecule has 0 amide bonds. The highest BCUT2D eigenvalue weighted by Crippen LogP contribution is 2.22. The van der Waals surface area contributed by atoms with Crippen LogP contribution in [0.15, 0.2) is 42.7 Å². The maximum Gasteiger partial charge on any atom is 0.155 e. The van der Waals surface area contributed by atoms with E-state index in [1.165, 1.54) is 12.1 Å². The number of hydrogen-bond acceptors (Lipinski definition) is 3. The van der Waals surface area contributed by atoms with Crippen molar-refractivity contribution in [3.8, 4) is 0 Å². The Morgan fingerprint density at radius 1 is 1.28 bits per heavy atom. The van der Waals surface area contributed by atoms with Crippen LogP contribution in [0.2, 0.25) is 5.02 Å². The zero-order valence-electron chi connectivity index (χ0n) is 9.14. The molecule has 3 rings (SSSR count). The lowest BCUT2D eigenvalue weighted by Crippen LogP contribution is -1.98. The van der Waals surface area contributed by atoms with Crippen LogP contribution in [0.1, 0.15) is 0 Å². The van der Waals surface area contributed by atoms with Gasteiger partial charge in [-0.25, -0.2) is 9.37 Å². The van der Waals surface area contributed by atoms with Crippen LogP contribution in [0.5, 0.6) is 0 Å². The van der Waals surface area contributed by atoms with Crippen molar-refractivity contribution in [2.75, 3.05) is 5.32 Å². The first-order valence-corrected chi connectivity index (χ1v) is 5.63. The van der Waals surface area contributed by atoms with E-state index >= 15 is 0 Å². The molecular formula is C12H8ClFN4. The second-order valence-corrected chi connectivity index (χ2v) is 4.10. The quantitative estimate of drug-likeness (QED) is 0.771. The fourth-order valence-corrected chi connectivity index (χ4v) is 1.82. The molecule has 0 saturated carbocycles. The van der Waals surface area contributed by atoms with Gasteiger partial charge >= 0.3 is 0 Å². The molecule has 0 saturated heterocycles. The van der Waals surface area contributed by atoms with Crippen molar-refractivity contribution in [2.24, 2.45) is 0 Å². The molecule has 0 unspecified atom stereocenters. The molecule has 4 nitrogen and oxygen atoms in total. The van der Waals surface area contributed by atoms with E-state index in [9.17, 15) is 4.39 Å². The minimum Gasteiger partial charge on any atom is -0.339 e. The number of nitrogens with one attached hydrogen (secondary N) is 1. The van der Waals surface area contributed by atoms with Gasteiger partial charge in [-0.2, -0.15) is 9.61 Å². The van der Waals surface area contributed by atoms with Crippen molar-refractivity contribution in [1.82, 2.24) is 14.6 Å². The Morgan fingerprint density at radius 3 is 3.00 bits per heavy atom. The minimum absolute atomic E-state index is 0.0711. The van der Waals surface area contributed by atoms with Crippen LogP contribution in [0, 0.1) is 5.82 Å². The minimum atomic E-state index is -0.446. The monoisotopic (exact) mass is 262 g/mol. The van der Waals surface area contributed by atoms with Crippen molar-refractivity contribution >= 4 is 28.8 Å². The number of rotatable bonds is 2. The fourth-order valence-electron chi connectivity index (χ4n) is 1.64. The Morgan fingerprint density at radius 2 is 2.17 bits per heavy atom. The Hall–Kier alpha value is -2.14. The normalized spacial score (nSPS) is 10.8. The summed E-state index contributed by atoms with van der Waals surface area (Å²) < 4.78 is 14.7. The number of anilines is 2. The van der Waals surface area contributed by atoms with Crippen molar-refractivity contribution < 1.29 is 4.39 Å². The Kier molecular flexibility index (Phi) is 2.60. The van der Waals surface area contributed by atoms with E-state index in [0.717, 1.165) is 5.65 Å². The third-order valence-corrected chi connectivity index (χ3v) is 2.76. The maximum atomic E-state index is 13.0. The largest absolute Gasteiger partial charge is 0.339 e. The van der Waals surface area contributed by atoms with E-state index in [1.807, 2.05) is 6.07 Å². The number of fused-ring (bicyclic) bond motifs is 1. The predicted octanol–water partition coefficient (Wildman–Crippen LogP) is 3.27. The van der Waals surface area contributed by atoms with Gasteiger partial charge in [0.2, 0.25) is 0 Å². The zero-order chi connectivity index (χ0) is 12.5. The summed E-state index contributed by atoms with van der Waals surface area (Å²) in [5.41, 5.74) is 1.40. The van der Waals surface area contributed by atoms with Gasteiger partial charge in [0.25, 0.3) is 0 Å². The summed E-state index contributed by atoms with van der Waals surface area (Å²) in [7, 11) is 0. The summed E-state index contributed by atoms with van der Waals surface area (Å²) >= 11 is 5.72. The van der Waals surface area contributed by atoms with Crippen LogP contribution < -0.4 is 5.32 Å². The van der Waals surface area contributed by atoms with E-state index in [-0.39, 0.29) is 5.02 Å². The first-order valence-electron chi connectivity index (χ1n) is 5.25. The molecule has 1 N–H and O–H groups in total. The van der Waals surface area contributed by atoms with Gasteiger partial charge in [0.1, 0.15) is 5.82 Å². The Balaban J connectivity index is 1.98. The zero-order valence-corrected chi connectivity index (χ0v) is 9.89. The van der Waals surface area contributed by atoms with Gasteiger partial charge in [0.15, 0.2) is 11.5 Å². The lowest BCUT2D eigenvalue weighted by atomic mass is 10.3. The highest BCUT2D eigenvalue weighted by molar-refractivity contribution is 6.31. The first-order chi connectivity index (χ1) is 8.74. The predicted molar refractivity (Wildman–Crippen MR) is 67.7 cm³/mol. The van der Waals surface area contributed by atoms with E-state index < -0.39 is 5.82 Å². The number of nitrogens with zero attached hydrogens (tertiary/aromatic N) is 3. The van der Waals surface area contributed by atoms with Gasteiger partial charge in [-0.05, 0) is 30.3 Å². The van der Waals surface area contributed by atoms with Crippen LogP contribution in [0.3, 0.4) is 0 Å². The van der Waals surface area contributed by atoms with Crippen LogP contribution in [-0.2, 0) is 0 Å². The molecule has 0 aliphatic carbocycles. The van der Waals surface area contributed by atoms with Crippen LogP contribution in [0.25, 0.3) is 5.65 Å². The molecule has 18 heavy (non-hydrogen) atoms. The number of imidazole rings is 1. The SMILES string of the molecule is Fc1ccc(Nc2cnc3cccnn23)cc1Cl. The smallest absolute Gasteiger partial charge is 0.155 e. The Labute approximate surface area is 107 Å². The van der Waals surface area contributed by atoms with E-state index in [2.05, 4.69) is 15.4 Å². The van der Waals surface area contributed by atoms with Crippen molar-refractivity contribution in [2.45, 2.75) is 0 Å². The Bertz CT molecular complexity index is 710. The van der Waals surface area contributed by atoms with Crippen molar-refractivity contribution in [3.05, 3.63) is 53.6 Å². The summed E-state index contributed by atoms with van der Waals surface area (Å²) in [6, 6.07) is 8.07. The van der Waals surface area contributed by atoms with Crippen LogP contribution >= 0.6 is 11.6 Å². The van der Waals surface area contributed by atoms with Crippen LogP contribution in [-0.4, -0.2) is 14.6 Å². The van der Waals surface area contributed by atoms with Crippen LogP contribution in [0.4, 0.5) is 15.9 Å². The second kappa shape index (κ2) is 4.27. The molecule has 0 fully saturated rings. The molecule has 0 atom stereocenters. The van der Waals surface area contributed by atoms with E-state index in [1.54, 1.807) is 29.0 Å². The summed E-state index contributed by atoms with van der Waals surface area (Å²) in [4.78, 5) is 4.19. The summed E-state index contributed by atoms with van der Waals surface area (Å²) in [6.45, 7) is 0. The van der Waals surface area contributed by atoms with Gasteiger partial charge in [0.05, 0.1) is 11.2 Å². The standard InChI is InChI=1S/C12H8ClFN4/c13-9-6-8(3-4-10(9)14)17-12-7-15-11-2-1-5-16-18(11)12/h1-7,17H. The highest BCUT2D eigenvalue weighted by atomic mass is 35.5. The van der Waals surface area contributed by atoms with E-state index in [0.29, 0.717) is 11.5 Å². The third kappa shape index (κ3) is 1.89. The number of hydrogen-bond donors (Lipinski definition) is 1. The molecule has 2 aromatic heterocycles. The molecule has 6 heteroatoms. The molecule has 3 aromatic rings. The lowest BCUT2D eigenvalue weighted by molar-refractivity contribution is 0.628. The number of aromatic nitrogens is 3. The van der Waals surface area contributed by atoms with E-state index in [4.69, 9.17) is 11.6 Å². The molecule has 2 heterocycles. The number of benzene rings is 1. The van der Waals surface area contributed by atoms with Gasteiger partial charge in [-0.15, -0.1) is 0 Å². The summed E-state index contributed by atoms with van der Waals surface area (Å²) in [5, 5.41) is 7.31. The second-order valence-electron chi connectivity index (χ2n) is 3.69. The molecule has 0 radical (unpaired) electrons. The molecule has 0 spiro atoms. The molecule has 0 bridgehead atoms. The summed E-state index contributed by atoms with van der Waals surface area (Å²) in [6.07, 6.45) is 3.32. The van der Waals surface area contributed by atoms with Crippen molar-refractivity contribution in [1.29, 1.82) is 0 Å². The maximum absolute atomic E-state index is 13.0. The number of halogens is 2.